The number of carbonyl (C=O) groups excluding carboxylic acids is 1. The van der Waals surface area contributed by atoms with Gasteiger partial charge in [-0.2, -0.15) is 5.10 Å². The van der Waals surface area contributed by atoms with Crippen LogP contribution in [0.1, 0.15) is 5.56 Å². The molecule has 0 spiro atoms. The third-order valence-electron chi connectivity index (χ3n) is 5.53. The molecule has 33 heavy (non-hydrogen) atoms. The van der Waals surface area contributed by atoms with Gasteiger partial charge in [-0.25, -0.2) is 5.43 Å². The van der Waals surface area contributed by atoms with Crippen molar-refractivity contribution in [3.05, 3.63) is 115 Å². The van der Waals surface area contributed by atoms with Gasteiger partial charge < -0.3 is 4.74 Å². The van der Waals surface area contributed by atoms with E-state index in [4.69, 9.17) is 4.74 Å². The minimum absolute atomic E-state index is 0.128. The fourth-order valence-corrected chi connectivity index (χ4v) is 3.98. The zero-order valence-corrected chi connectivity index (χ0v) is 17.9. The molecule has 0 unspecified atom stereocenters. The van der Waals surface area contributed by atoms with E-state index in [1.165, 1.54) is 0 Å². The number of rotatable bonds is 6. The number of benzene rings is 5. The van der Waals surface area contributed by atoms with Gasteiger partial charge in [-0.1, -0.05) is 97.1 Å². The summed E-state index contributed by atoms with van der Waals surface area (Å²) in [5.74, 6) is 0.335. The summed E-state index contributed by atoms with van der Waals surface area (Å²) in [5.41, 5.74) is 5.54. The van der Waals surface area contributed by atoms with Crippen LogP contribution >= 0.6 is 0 Å². The Kier molecular flexibility index (Phi) is 5.81. The van der Waals surface area contributed by atoms with Gasteiger partial charge in [0.05, 0.1) is 6.21 Å². The second-order valence-electron chi connectivity index (χ2n) is 7.68. The first kappa shape index (κ1) is 20.5. The maximum Gasteiger partial charge on any atom is 0.277 e. The summed E-state index contributed by atoms with van der Waals surface area (Å²) in [5, 5.41) is 8.66. The van der Waals surface area contributed by atoms with E-state index in [1.54, 1.807) is 6.21 Å². The molecule has 4 nitrogen and oxygen atoms in total. The van der Waals surface area contributed by atoms with Crippen molar-refractivity contribution in [2.45, 2.75) is 0 Å². The van der Waals surface area contributed by atoms with E-state index in [2.05, 4.69) is 40.9 Å². The minimum Gasteiger partial charge on any atom is -0.483 e. The number of nitrogens with zero attached hydrogens (tertiary/aromatic N) is 1. The van der Waals surface area contributed by atoms with Crippen LogP contribution in [-0.2, 0) is 4.79 Å². The Labute approximate surface area is 192 Å². The molecule has 0 aliphatic heterocycles. The number of hydrogen-bond acceptors (Lipinski definition) is 3. The van der Waals surface area contributed by atoms with E-state index in [0.717, 1.165) is 38.2 Å². The third kappa shape index (κ3) is 4.46. The Hall–Kier alpha value is -4.44. The van der Waals surface area contributed by atoms with E-state index in [9.17, 15) is 4.79 Å². The zero-order valence-electron chi connectivity index (χ0n) is 17.9. The highest BCUT2D eigenvalue weighted by Crippen LogP contribution is 2.29. The van der Waals surface area contributed by atoms with E-state index >= 15 is 0 Å². The molecule has 0 bridgehead atoms. The van der Waals surface area contributed by atoms with Crippen LogP contribution in [0.3, 0.4) is 0 Å². The largest absolute Gasteiger partial charge is 0.483 e. The quantitative estimate of drug-likeness (QED) is 0.198. The van der Waals surface area contributed by atoms with Crippen LogP contribution in [0, 0.1) is 0 Å². The van der Waals surface area contributed by atoms with Crippen molar-refractivity contribution in [1.82, 2.24) is 5.43 Å². The van der Waals surface area contributed by atoms with Gasteiger partial charge in [0.25, 0.3) is 5.91 Å². The van der Waals surface area contributed by atoms with E-state index in [-0.39, 0.29) is 12.5 Å². The number of hydrazone groups is 1. The Morgan fingerprint density at radius 2 is 1.36 bits per heavy atom. The maximum atomic E-state index is 12.4. The van der Waals surface area contributed by atoms with E-state index < -0.39 is 0 Å². The predicted octanol–water partition coefficient (Wildman–Crippen LogP) is 6.19. The van der Waals surface area contributed by atoms with Crippen molar-refractivity contribution in [3.8, 4) is 16.9 Å². The summed E-state index contributed by atoms with van der Waals surface area (Å²) in [6.07, 6.45) is 1.71. The zero-order chi connectivity index (χ0) is 22.5. The first-order valence-corrected chi connectivity index (χ1v) is 10.8. The molecule has 0 fully saturated rings. The number of amides is 1. The van der Waals surface area contributed by atoms with Gasteiger partial charge in [-0.15, -0.1) is 0 Å². The van der Waals surface area contributed by atoms with Crippen LogP contribution in [0.5, 0.6) is 5.75 Å². The summed E-state index contributed by atoms with van der Waals surface area (Å²) >= 11 is 0. The fourth-order valence-electron chi connectivity index (χ4n) is 3.98. The molecule has 0 saturated heterocycles. The summed E-state index contributed by atoms with van der Waals surface area (Å²) < 4.78 is 5.81. The molecule has 4 heteroatoms. The van der Waals surface area contributed by atoms with Crippen molar-refractivity contribution >= 4 is 33.7 Å². The second kappa shape index (κ2) is 9.37. The molecule has 5 aromatic rings. The van der Waals surface area contributed by atoms with Gasteiger partial charge in [-0.05, 0) is 39.2 Å². The number of nitrogens with one attached hydrogen (secondary N) is 1. The average Bonchev–Trinajstić information content (AvgIpc) is 2.88. The lowest BCUT2D eigenvalue weighted by molar-refractivity contribution is -0.123. The molecule has 0 aromatic heterocycles. The van der Waals surface area contributed by atoms with Crippen molar-refractivity contribution in [2.24, 2.45) is 5.10 Å². The predicted molar refractivity (Wildman–Crippen MR) is 135 cm³/mol. The van der Waals surface area contributed by atoms with Gasteiger partial charge in [0.15, 0.2) is 6.61 Å². The van der Waals surface area contributed by atoms with Gasteiger partial charge in [0, 0.05) is 11.1 Å². The summed E-state index contributed by atoms with van der Waals surface area (Å²) in [6, 6.07) is 36.1. The molecular formula is C29H22N2O2. The van der Waals surface area contributed by atoms with Crippen LogP contribution in [0.25, 0.3) is 32.7 Å². The summed E-state index contributed by atoms with van der Waals surface area (Å²) in [4.78, 5) is 12.4. The lowest BCUT2D eigenvalue weighted by atomic mass is 9.97. The Balaban J connectivity index is 1.32. The molecule has 160 valence electrons. The smallest absolute Gasteiger partial charge is 0.277 e. The highest BCUT2D eigenvalue weighted by molar-refractivity contribution is 6.13. The van der Waals surface area contributed by atoms with Crippen molar-refractivity contribution in [1.29, 1.82) is 0 Å². The number of fused-ring (bicyclic) bond motifs is 2. The van der Waals surface area contributed by atoms with Gasteiger partial charge in [0.1, 0.15) is 5.75 Å². The van der Waals surface area contributed by atoms with Gasteiger partial charge in [-0.3, -0.25) is 4.79 Å². The molecule has 1 N–H and O–H groups in total. The molecule has 0 atom stereocenters. The number of ether oxygens (including phenoxy) is 1. The molecule has 0 heterocycles. The summed E-state index contributed by atoms with van der Waals surface area (Å²) in [7, 11) is 0. The number of para-hydroxylation sites is 1. The lowest BCUT2D eigenvalue weighted by Gasteiger charge is -2.11. The van der Waals surface area contributed by atoms with Crippen molar-refractivity contribution in [3.63, 3.8) is 0 Å². The van der Waals surface area contributed by atoms with Crippen LogP contribution in [-0.4, -0.2) is 18.7 Å². The standard InChI is InChI=1S/C29H22N2O2/c32-29(20-33-28-17-9-8-16-26(28)21-10-2-1-3-11-21)31-30-19-27-24-14-6-4-12-22(24)18-23-13-5-7-15-25(23)27/h1-19H,20H2,(H,31,32). The Morgan fingerprint density at radius 3 is 2.09 bits per heavy atom. The fraction of sp³-hybridized carbons (Fsp3) is 0.0345. The molecule has 0 aliphatic rings. The minimum atomic E-state index is -0.321. The molecular weight excluding hydrogens is 408 g/mol. The Bertz CT molecular complexity index is 1410. The van der Waals surface area contributed by atoms with Gasteiger partial charge in [0.2, 0.25) is 0 Å². The maximum absolute atomic E-state index is 12.4. The normalized spacial score (nSPS) is 11.2. The third-order valence-corrected chi connectivity index (χ3v) is 5.53. The lowest BCUT2D eigenvalue weighted by Crippen LogP contribution is -2.24. The van der Waals surface area contributed by atoms with Crippen molar-refractivity contribution < 1.29 is 9.53 Å². The monoisotopic (exact) mass is 430 g/mol. The van der Waals surface area contributed by atoms with Crippen molar-refractivity contribution in [2.75, 3.05) is 6.61 Å². The molecule has 5 rings (SSSR count). The first-order chi connectivity index (χ1) is 16.3. The van der Waals surface area contributed by atoms with Gasteiger partial charge >= 0.3 is 0 Å². The molecule has 0 saturated carbocycles. The Morgan fingerprint density at radius 1 is 0.758 bits per heavy atom. The molecule has 1 amide bonds. The SMILES string of the molecule is O=C(COc1ccccc1-c1ccccc1)NN=Cc1c2ccccc2cc2ccccc12. The van der Waals surface area contributed by atoms with E-state index in [0.29, 0.717) is 5.75 Å². The molecule has 0 radical (unpaired) electrons. The topological polar surface area (TPSA) is 50.7 Å². The first-order valence-electron chi connectivity index (χ1n) is 10.8. The molecule has 0 aliphatic carbocycles. The number of carbonyl (C=O) groups is 1. The van der Waals surface area contributed by atoms with Crippen LogP contribution < -0.4 is 10.2 Å². The van der Waals surface area contributed by atoms with Crippen LogP contribution in [0.4, 0.5) is 0 Å². The van der Waals surface area contributed by atoms with Crippen LogP contribution in [0.2, 0.25) is 0 Å². The van der Waals surface area contributed by atoms with E-state index in [1.807, 2.05) is 78.9 Å². The van der Waals surface area contributed by atoms with Crippen LogP contribution in [0.15, 0.2) is 114 Å². The highest BCUT2D eigenvalue weighted by atomic mass is 16.5. The molecule has 5 aromatic carbocycles. The average molecular weight is 431 g/mol. The second-order valence-corrected chi connectivity index (χ2v) is 7.68. The number of hydrogen-bond donors (Lipinski definition) is 1. The summed E-state index contributed by atoms with van der Waals surface area (Å²) in [6.45, 7) is -0.128. The highest BCUT2D eigenvalue weighted by Gasteiger charge is 2.09.